The average molecular weight is 404 g/mol. The van der Waals surface area contributed by atoms with Gasteiger partial charge in [-0.2, -0.15) is 5.10 Å². The number of hydrogen-bond acceptors (Lipinski definition) is 3. The van der Waals surface area contributed by atoms with E-state index in [0.29, 0.717) is 12.6 Å². The van der Waals surface area contributed by atoms with Crippen LogP contribution in [0.4, 0.5) is 0 Å². The minimum absolute atomic E-state index is 0.0624. The van der Waals surface area contributed by atoms with Gasteiger partial charge in [-0.05, 0) is 67.3 Å². The smallest absolute Gasteiger partial charge is 0.295 e. The second-order valence-electron chi connectivity index (χ2n) is 8.45. The van der Waals surface area contributed by atoms with Crippen LogP contribution < -0.4 is 10.3 Å². The highest BCUT2D eigenvalue weighted by Gasteiger charge is 2.38. The van der Waals surface area contributed by atoms with Gasteiger partial charge in [0.05, 0.1) is 25.0 Å². The Bertz CT molecular complexity index is 1130. The number of hydrazone groups is 1. The first-order chi connectivity index (χ1) is 14.6. The maximum Gasteiger partial charge on any atom is 0.295 e. The summed E-state index contributed by atoms with van der Waals surface area (Å²) in [7, 11) is 0. The number of aromatic nitrogens is 1. The Labute approximate surface area is 175 Å². The number of benzene rings is 2. The fraction of sp³-hybridized carbons (Fsp3) is 0.333. The van der Waals surface area contributed by atoms with E-state index in [1.54, 1.807) is 30.5 Å². The highest BCUT2D eigenvalue weighted by Crippen LogP contribution is 2.37. The number of amides is 1. The third-order valence-corrected chi connectivity index (χ3v) is 6.45. The maximum atomic E-state index is 12.6. The fourth-order valence-corrected chi connectivity index (χ4v) is 5.10. The van der Waals surface area contributed by atoms with E-state index in [1.165, 1.54) is 39.0 Å². The lowest BCUT2D eigenvalue weighted by atomic mass is 9.89. The second-order valence-corrected chi connectivity index (χ2v) is 8.45. The van der Waals surface area contributed by atoms with E-state index >= 15 is 0 Å². The number of nitrogens with zero attached hydrogens (tertiary/aromatic N) is 2. The Hall–Kier alpha value is -3.12. The molecule has 0 radical (unpaired) electrons. The third-order valence-electron chi connectivity index (χ3n) is 6.45. The number of fused-ring (bicyclic) bond motifs is 3. The van der Waals surface area contributed by atoms with Gasteiger partial charge in [0.15, 0.2) is 6.54 Å². The molecule has 6 heteroatoms. The van der Waals surface area contributed by atoms with Crippen molar-refractivity contribution in [2.24, 2.45) is 5.10 Å². The number of hydrogen-bond donors (Lipinski definition) is 3. The van der Waals surface area contributed by atoms with Crippen LogP contribution in [0, 0.1) is 6.92 Å². The van der Waals surface area contributed by atoms with Crippen molar-refractivity contribution < 1.29 is 14.8 Å². The molecule has 1 amide bonds. The standard InChI is InChI=1S/C24H26N4O2/c1-16-5-10-21-20(13-16)19-3-2-4-22-24(19)28(21)12-11-27(22)15-23(30)26-25-14-17-6-8-18(29)9-7-17/h5-10,13-14,22,29H,2-4,11-12,15H2,1H3,(H,26,30)/p+1/b25-14+/t22-/m1/s1. The quantitative estimate of drug-likeness (QED) is 0.461. The Kier molecular flexibility index (Phi) is 4.79. The fourth-order valence-electron chi connectivity index (χ4n) is 5.10. The first-order valence-corrected chi connectivity index (χ1v) is 10.7. The van der Waals surface area contributed by atoms with Crippen molar-refractivity contribution >= 4 is 23.0 Å². The summed E-state index contributed by atoms with van der Waals surface area (Å²) < 4.78 is 2.50. The number of aromatic hydroxyl groups is 1. The molecule has 5 rings (SSSR count). The van der Waals surface area contributed by atoms with E-state index in [-0.39, 0.29) is 11.7 Å². The summed E-state index contributed by atoms with van der Waals surface area (Å²) in [6, 6.07) is 13.9. The summed E-state index contributed by atoms with van der Waals surface area (Å²) in [5.74, 6) is 0.150. The van der Waals surface area contributed by atoms with Gasteiger partial charge in [-0.15, -0.1) is 0 Å². The molecule has 0 saturated heterocycles. The highest BCUT2D eigenvalue weighted by molar-refractivity contribution is 5.87. The molecule has 0 spiro atoms. The number of quaternary nitrogens is 1. The molecule has 2 aromatic carbocycles. The Morgan fingerprint density at radius 1 is 1.30 bits per heavy atom. The Balaban J connectivity index is 1.32. The maximum absolute atomic E-state index is 12.6. The van der Waals surface area contributed by atoms with Gasteiger partial charge in [0, 0.05) is 17.3 Å². The number of nitrogens with one attached hydrogen (secondary N) is 2. The topological polar surface area (TPSA) is 71.1 Å². The van der Waals surface area contributed by atoms with Crippen molar-refractivity contribution in [2.45, 2.75) is 38.8 Å². The van der Waals surface area contributed by atoms with Crippen molar-refractivity contribution in [1.29, 1.82) is 0 Å². The summed E-state index contributed by atoms with van der Waals surface area (Å²) >= 11 is 0. The van der Waals surface area contributed by atoms with Crippen molar-refractivity contribution in [2.75, 3.05) is 13.1 Å². The lowest BCUT2D eigenvalue weighted by Gasteiger charge is -2.36. The molecule has 2 aliphatic rings. The van der Waals surface area contributed by atoms with Crippen LogP contribution in [0.3, 0.4) is 0 Å². The summed E-state index contributed by atoms with van der Waals surface area (Å²) in [5.41, 5.74) is 9.09. The predicted molar refractivity (Wildman–Crippen MR) is 117 cm³/mol. The first kappa shape index (κ1) is 18.9. The van der Waals surface area contributed by atoms with Crippen LogP contribution in [0.5, 0.6) is 5.75 Å². The SMILES string of the molecule is Cc1ccc2c(c1)c1c3n2CC[NH+](CC(=O)N/N=C/c2ccc(O)cc2)[C@@H]3CCC1. The molecule has 3 N–H and O–H groups in total. The van der Waals surface area contributed by atoms with Crippen LogP contribution in [-0.2, 0) is 17.8 Å². The van der Waals surface area contributed by atoms with Gasteiger partial charge in [-0.25, -0.2) is 5.43 Å². The molecule has 3 aromatic rings. The van der Waals surface area contributed by atoms with Crippen LogP contribution in [0.15, 0.2) is 47.6 Å². The zero-order valence-electron chi connectivity index (χ0n) is 17.2. The third kappa shape index (κ3) is 3.37. The Morgan fingerprint density at radius 3 is 2.97 bits per heavy atom. The first-order valence-electron chi connectivity index (χ1n) is 10.7. The molecule has 1 aliphatic heterocycles. The van der Waals surface area contributed by atoms with E-state index in [1.807, 2.05) is 0 Å². The van der Waals surface area contributed by atoms with E-state index in [4.69, 9.17) is 0 Å². The monoisotopic (exact) mass is 403 g/mol. The number of aryl methyl sites for hydroxylation is 2. The van der Waals surface area contributed by atoms with E-state index < -0.39 is 0 Å². The van der Waals surface area contributed by atoms with Crippen molar-refractivity contribution in [1.82, 2.24) is 9.99 Å². The molecule has 0 saturated carbocycles. The molecule has 30 heavy (non-hydrogen) atoms. The normalized spacial score (nSPS) is 20.4. The summed E-state index contributed by atoms with van der Waals surface area (Å²) in [6.07, 6.45) is 5.04. The van der Waals surface area contributed by atoms with E-state index in [9.17, 15) is 9.90 Å². The van der Waals surface area contributed by atoms with E-state index in [0.717, 1.165) is 31.5 Å². The molecule has 1 unspecified atom stereocenters. The number of carbonyl (C=O) groups excluding carboxylic acids is 1. The predicted octanol–water partition coefficient (Wildman–Crippen LogP) is 2.08. The molecule has 0 bridgehead atoms. The summed E-state index contributed by atoms with van der Waals surface area (Å²) in [4.78, 5) is 13.9. The largest absolute Gasteiger partial charge is 0.508 e. The van der Waals surface area contributed by atoms with E-state index in [2.05, 4.69) is 40.2 Å². The zero-order chi connectivity index (χ0) is 20.7. The summed E-state index contributed by atoms with van der Waals surface area (Å²) in [5, 5.41) is 14.8. The van der Waals surface area contributed by atoms with Crippen LogP contribution in [0.2, 0.25) is 0 Å². The van der Waals surface area contributed by atoms with Crippen LogP contribution in [0.25, 0.3) is 10.9 Å². The van der Waals surface area contributed by atoms with Gasteiger partial charge in [0.25, 0.3) is 5.91 Å². The second kappa shape index (κ2) is 7.61. The van der Waals surface area contributed by atoms with Crippen LogP contribution >= 0.6 is 0 Å². The van der Waals surface area contributed by atoms with Crippen LogP contribution in [0.1, 0.15) is 41.3 Å². The minimum atomic E-state index is -0.0624. The molecule has 2 atom stereocenters. The molecule has 0 fully saturated rings. The molecule has 1 aromatic heterocycles. The van der Waals surface area contributed by atoms with Gasteiger partial charge >= 0.3 is 0 Å². The minimum Gasteiger partial charge on any atom is -0.508 e. The van der Waals surface area contributed by atoms with Gasteiger partial charge in [0.1, 0.15) is 11.8 Å². The molecular formula is C24H27N4O2+. The van der Waals surface area contributed by atoms with Gasteiger partial charge in [-0.1, -0.05) is 11.6 Å². The number of phenolic OH excluding ortho intramolecular Hbond substituents is 1. The Morgan fingerprint density at radius 2 is 2.13 bits per heavy atom. The van der Waals surface area contributed by atoms with Crippen molar-refractivity contribution in [3.8, 4) is 5.75 Å². The van der Waals surface area contributed by atoms with Gasteiger partial charge in [-0.3, -0.25) is 4.79 Å². The van der Waals surface area contributed by atoms with Crippen LogP contribution in [-0.4, -0.2) is 34.9 Å². The number of rotatable bonds is 4. The van der Waals surface area contributed by atoms with Crippen molar-refractivity contribution in [3.63, 3.8) is 0 Å². The molecule has 1 aliphatic carbocycles. The zero-order valence-corrected chi connectivity index (χ0v) is 17.2. The lowest BCUT2D eigenvalue weighted by molar-refractivity contribution is -0.929. The highest BCUT2D eigenvalue weighted by atomic mass is 16.3. The average Bonchev–Trinajstić information content (AvgIpc) is 3.06. The molecule has 6 nitrogen and oxygen atoms in total. The number of carbonyl (C=O) groups is 1. The number of phenols is 1. The molecule has 2 heterocycles. The molecular weight excluding hydrogens is 376 g/mol. The van der Waals surface area contributed by atoms with Crippen molar-refractivity contribution in [3.05, 3.63) is 64.8 Å². The van der Waals surface area contributed by atoms with Gasteiger partial charge < -0.3 is 14.6 Å². The molecule has 154 valence electrons. The summed E-state index contributed by atoms with van der Waals surface area (Å²) in [6.45, 7) is 4.48. The lowest BCUT2D eigenvalue weighted by Crippen LogP contribution is -3.14. The van der Waals surface area contributed by atoms with Gasteiger partial charge in [0.2, 0.25) is 0 Å².